The molecule has 18 heavy (non-hydrogen) atoms. The van der Waals surface area contributed by atoms with E-state index in [1.807, 2.05) is 6.07 Å². The Kier molecular flexibility index (Phi) is 2.88. The van der Waals surface area contributed by atoms with E-state index in [1.165, 1.54) is 5.56 Å². The van der Waals surface area contributed by atoms with Crippen LogP contribution in [0.15, 0.2) is 24.3 Å². The molecule has 4 heteroatoms. The lowest BCUT2D eigenvalue weighted by molar-refractivity contribution is 0.191. The molecule has 2 aromatic rings. The summed E-state index contributed by atoms with van der Waals surface area (Å²) in [6.45, 7) is 3.14. The molecule has 0 bridgehead atoms. The van der Waals surface area contributed by atoms with E-state index in [2.05, 4.69) is 39.9 Å². The van der Waals surface area contributed by atoms with Crippen LogP contribution in [0.5, 0.6) is 0 Å². The Morgan fingerprint density at radius 3 is 3.06 bits per heavy atom. The standard InChI is InChI=1S/C14H17N3O/c1-10-3-2-4-12(7-10)14-16-15-13-6-5-11(9-18)8-17(13)14/h2-4,7,11,18H,5-6,8-9H2,1H3. The number of rotatable bonds is 2. The first-order chi connectivity index (χ1) is 8.78. The van der Waals surface area contributed by atoms with E-state index in [-0.39, 0.29) is 6.61 Å². The summed E-state index contributed by atoms with van der Waals surface area (Å²) in [5.74, 6) is 2.29. The lowest BCUT2D eigenvalue weighted by Gasteiger charge is -2.22. The van der Waals surface area contributed by atoms with Gasteiger partial charge in [0.25, 0.3) is 0 Å². The van der Waals surface area contributed by atoms with Crippen LogP contribution in [0.2, 0.25) is 0 Å². The maximum Gasteiger partial charge on any atom is 0.163 e. The number of aliphatic hydroxyl groups is 1. The highest BCUT2D eigenvalue weighted by Crippen LogP contribution is 2.25. The second-order valence-electron chi connectivity index (χ2n) is 5.01. The Bertz CT molecular complexity index is 562. The van der Waals surface area contributed by atoms with Crippen LogP contribution in [0.4, 0.5) is 0 Å². The maximum absolute atomic E-state index is 9.31. The van der Waals surface area contributed by atoms with Gasteiger partial charge in [-0.3, -0.25) is 0 Å². The van der Waals surface area contributed by atoms with Crippen molar-refractivity contribution in [3.05, 3.63) is 35.7 Å². The van der Waals surface area contributed by atoms with Crippen LogP contribution in [0.25, 0.3) is 11.4 Å². The van der Waals surface area contributed by atoms with Crippen molar-refractivity contribution in [1.82, 2.24) is 14.8 Å². The molecule has 1 aromatic carbocycles. The molecule has 0 fully saturated rings. The lowest BCUT2D eigenvalue weighted by Crippen LogP contribution is -2.23. The molecule has 3 rings (SSSR count). The molecule has 0 saturated heterocycles. The Hall–Kier alpha value is -1.68. The van der Waals surface area contributed by atoms with Gasteiger partial charge in [0, 0.05) is 31.1 Å². The molecule has 1 N–H and O–H groups in total. The predicted octanol–water partition coefficient (Wildman–Crippen LogP) is 1.81. The van der Waals surface area contributed by atoms with Crippen LogP contribution in [0, 0.1) is 12.8 Å². The molecule has 0 amide bonds. The highest BCUT2D eigenvalue weighted by atomic mass is 16.3. The molecular formula is C14H17N3O. The van der Waals surface area contributed by atoms with Crippen molar-refractivity contribution in [1.29, 1.82) is 0 Å². The van der Waals surface area contributed by atoms with Crippen molar-refractivity contribution < 1.29 is 5.11 Å². The van der Waals surface area contributed by atoms with Gasteiger partial charge in [-0.1, -0.05) is 23.8 Å². The van der Waals surface area contributed by atoms with Gasteiger partial charge in [0.2, 0.25) is 0 Å². The minimum Gasteiger partial charge on any atom is -0.396 e. The maximum atomic E-state index is 9.31. The highest BCUT2D eigenvalue weighted by molar-refractivity contribution is 5.56. The summed E-state index contributed by atoms with van der Waals surface area (Å²) in [6.07, 6.45) is 1.91. The van der Waals surface area contributed by atoms with E-state index in [9.17, 15) is 5.11 Å². The molecular weight excluding hydrogens is 226 g/mol. The van der Waals surface area contributed by atoms with E-state index < -0.39 is 0 Å². The van der Waals surface area contributed by atoms with Crippen LogP contribution in [-0.4, -0.2) is 26.5 Å². The van der Waals surface area contributed by atoms with Crippen LogP contribution < -0.4 is 0 Å². The fraction of sp³-hybridized carbons (Fsp3) is 0.429. The summed E-state index contributed by atoms with van der Waals surface area (Å²) in [7, 11) is 0. The number of aryl methyl sites for hydroxylation is 2. The zero-order chi connectivity index (χ0) is 12.5. The molecule has 0 spiro atoms. The number of hydrogen-bond donors (Lipinski definition) is 1. The minimum atomic E-state index is 0.241. The van der Waals surface area contributed by atoms with E-state index >= 15 is 0 Å². The van der Waals surface area contributed by atoms with Crippen LogP contribution in [0.3, 0.4) is 0 Å². The van der Waals surface area contributed by atoms with Gasteiger partial charge in [0.1, 0.15) is 5.82 Å². The van der Waals surface area contributed by atoms with Crippen molar-refractivity contribution in [2.45, 2.75) is 26.3 Å². The van der Waals surface area contributed by atoms with Gasteiger partial charge in [-0.05, 0) is 19.4 Å². The summed E-state index contributed by atoms with van der Waals surface area (Å²) in [6, 6.07) is 8.30. The van der Waals surface area contributed by atoms with Gasteiger partial charge in [-0.2, -0.15) is 0 Å². The largest absolute Gasteiger partial charge is 0.396 e. The smallest absolute Gasteiger partial charge is 0.163 e. The topological polar surface area (TPSA) is 50.9 Å². The summed E-state index contributed by atoms with van der Waals surface area (Å²) in [5, 5.41) is 17.9. The van der Waals surface area contributed by atoms with E-state index in [1.54, 1.807) is 0 Å². The Morgan fingerprint density at radius 2 is 2.28 bits per heavy atom. The first kappa shape index (κ1) is 11.4. The van der Waals surface area contributed by atoms with E-state index in [0.717, 1.165) is 36.6 Å². The monoisotopic (exact) mass is 243 g/mol. The molecule has 1 unspecified atom stereocenters. The van der Waals surface area contributed by atoms with Gasteiger partial charge in [-0.25, -0.2) is 0 Å². The van der Waals surface area contributed by atoms with Crippen molar-refractivity contribution >= 4 is 0 Å². The van der Waals surface area contributed by atoms with Crippen LogP contribution in [0.1, 0.15) is 17.8 Å². The second kappa shape index (κ2) is 4.53. The average Bonchev–Trinajstić information content (AvgIpc) is 2.81. The summed E-state index contributed by atoms with van der Waals surface area (Å²) in [4.78, 5) is 0. The molecule has 0 aliphatic carbocycles. The van der Waals surface area contributed by atoms with Crippen molar-refractivity contribution in [2.24, 2.45) is 5.92 Å². The fourth-order valence-electron chi connectivity index (χ4n) is 2.54. The fourth-order valence-corrected chi connectivity index (χ4v) is 2.54. The molecule has 1 aliphatic heterocycles. The molecule has 4 nitrogen and oxygen atoms in total. The van der Waals surface area contributed by atoms with Gasteiger partial charge in [0.15, 0.2) is 5.82 Å². The van der Waals surface area contributed by atoms with E-state index in [0.29, 0.717) is 5.92 Å². The average molecular weight is 243 g/mol. The number of aromatic nitrogens is 3. The molecule has 2 heterocycles. The zero-order valence-electron chi connectivity index (χ0n) is 10.5. The summed E-state index contributed by atoms with van der Waals surface area (Å²) >= 11 is 0. The predicted molar refractivity (Wildman–Crippen MR) is 69.1 cm³/mol. The van der Waals surface area contributed by atoms with Crippen molar-refractivity contribution in [3.63, 3.8) is 0 Å². The Labute approximate surface area is 106 Å². The third kappa shape index (κ3) is 1.93. The number of hydrogen-bond acceptors (Lipinski definition) is 3. The first-order valence-corrected chi connectivity index (χ1v) is 6.38. The van der Waals surface area contributed by atoms with Gasteiger partial charge >= 0.3 is 0 Å². The van der Waals surface area contributed by atoms with Crippen molar-refractivity contribution in [3.8, 4) is 11.4 Å². The summed E-state index contributed by atoms with van der Waals surface area (Å²) < 4.78 is 2.15. The second-order valence-corrected chi connectivity index (χ2v) is 5.01. The summed E-state index contributed by atoms with van der Waals surface area (Å²) in [5.41, 5.74) is 2.33. The SMILES string of the molecule is Cc1cccc(-c2nnc3n2CC(CO)CC3)c1. The normalized spacial score (nSPS) is 18.7. The Morgan fingerprint density at radius 1 is 1.39 bits per heavy atom. The molecule has 1 aliphatic rings. The van der Waals surface area contributed by atoms with Gasteiger partial charge in [0.05, 0.1) is 0 Å². The van der Waals surface area contributed by atoms with Gasteiger partial charge in [-0.15, -0.1) is 10.2 Å². The van der Waals surface area contributed by atoms with Crippen molar-refractivity contribution in [2.75, 3.05) is 6.61 Å². The number of fused-ring (bicyclic) bond motifs is 1. The highest BCUT2D eigenvalue weighted by Gasteiger charge is 2.22. The first-order valence-electron chi connectivity index (χ1n) is 6.38. The third-order valence-corrected chi connectivity index (χ3v) is 3.58. The molecule has 94 valence electrons. The molecule has 1 atom stereocenters. The number of nitrogens with zero attached hydrogens (tertiary/aromatic N) is 3. The lowest BCUT2D eigenvalue weighted by atomic mass is 10.00. The Balaban J connectivity index is 2.02. The zero-order valence-corrected chi connectivity index (χ0v) is 10.5. The third-order valence-electron chi connectivity index (χ3n) is 3.58. The quantitative estimate of drug-likeness (QED) is 0.875. The molecule has 0 saturated carbocycles. The van der Waals surface area contributed by atoms with Crippen LogP contribution >= 0.6 is 0 Å². The minimum absolute atomic E-state index is 0.241. The van der Waals surface area contributed by atoms with E-state index in [4.69, 9.17) is 0 Å². The molecule has 1 aromatic heterocycles. The number of benzene rings is 1. The number of aliphatic hydroxyl groups excluding tert-OH is 1. The van der Waals surface area contributed by atoms with Crippen LogP contribution in [-0.2, 0) is 13.0 Å². The molecule has 0 radical (unpaired) electrons. The van der Waals surface area contributed by atoms with Gasteiger partial charge < -0.3 is 9.67 Å².